The van der Waals surface area contributed by atoms with Gasteiger partial charge in [0.15, 0.2) is 0 Å². The highest BCUT2D eigenvalue weighted by Gasteiger charge is 2.19. The summed E-state index contributed by atoms with van der Waals surface area (Å²) in [5.74, 6) is 0.125. The van der Waals surface area contributed by atoms with Gasteiger partial charge < -0.3 is 5.32 Å². The second kappa shape index (κ2) is 7.09. The predicted molar refractivity (Wildman–Crippen MR) is 82.9 cm³/mol. The van der Waals surface area contributed by atoms with Crippen molar-refractivity contribution in [2.45, 2.75) is 44.7 Å². The Kier molecular flexibility index (Phi) is 5.44. The van der Waals surface area contributed by atoms with Crippen LogP contribution in [0.1, 0.15) is 44.2 Å². The molecule has 20 heavy (non-hydrogen) atoms. The third-order valence-corrected chi connectivity index (χ3v) is 4.38. The van der Waals surface area contributed by atoms with Crippen LogP contribution in [0.5, 0.6) is 0 Å². The number of nitrogens with zero attached hydrogens (tertiary/aromatic N) is 1. The lowest BCUT2D eigenvalue weighted by Crippen LogP contribution is -2.40. The standard InChI is InChI=1S/C16H23ClN2O/c1-12(13-7-9-14(17)10-8-13)19(2)11-16(20)18-15-5-3-4-6-15/h7-10,12,15H,3-6,11H2,1-2H3,(H,18,20). The van der Waals surface area contributed by atoms with E-state index in [9.17, 15) is 4.79 Å². The molecule has 0 radical (unpaired) electrons. The van der Waals surface area contributed by atoms with Crippen LogP contribution in [0.4, 0.5) is 0 Å². The molecule has 0 aliphatic heterocycles. The van der Waals surface area contributed by atoms with Crippen LogP contribution in [-0.2, 0) is 4.79 Å². The molecule has 1 saturated carbocycles. The van der Waals surface area contributed by atoms with Gasteiger partial charge in [0.2, 0.25) is 5.91 Å². The van der Waals surface area contributed by atoms with Gasteiger partial charge in [0.1, 0.15) is 0 Å². The molecule has 0 saturated heterocycles. The highest BCUT2D eigenvalue weighted by atomic mass is 35.5. The smallest absolute Gasteiger partial charge is 0.234 e. The predicted octanol–water partition coefficient (Wildman–Crippen LogP) is 3.39. The molecule has 0 bridgehead atoms. The van der Waals surface area contributed by atoms with Crippen molar-refractivity contribution in [3.8, 4) is 0 Å². The molecule has 1 amide bonds. The molecule has 0 spiro atoms. The van der Waals surface area contributed by atoms with Gasteiger partial charge in [0.05, 0.1) is 6.54 Å². The van der Waals surface area contributed by atoms with Gasteiger partial charge in [-0.2, -0.15) is 0 Å². The van der Waals surface area contributed by atoms with Crippen LogP contribution >= 0.6 is 11.6 Å². The topological polar surface area (TPSA) is 32.3 Å². The Morgan fingerprint density at radius 1 is 1.35 bits per heavy atom. The van der Waals surface area contributed by atoms with E-state index in [1.165, 1.54) is 18.4 Å². The first-order valence-electron chi connectivity index (χ1n) is 7.31. The number of carbonyl (C=O) groups is 1. The van der Waals surface area contributed by atoms with E-state index in [1.54, 1.807) is 0 Å². The van der Waals surface area contributed by atoms with Gasteiger partial charge in [-0.1, -0.05) is 36.6 Å². The summed E-state index contributed by atoms with van der Waals surface area (Å²) in [5, 5.41) is 3.86. The second-order valence-electron chi connectivity index (χ2n) is 5.69. The summed E-state index contributed by atoms with van der Waals surface area (Å²) < 4.78 is 0. The van der Waals surface area contributed by atoms with Crippen molar-refractivity contribution in [3.05, 3.63) is 34.9 Å². The average Bonchev–Trinajstić information content (AvgIpc) is 2.91. The number of benzene rings is 1. The minimum atomic E-state index is 0.125. The van der Waals surface area contributed by atoms with Crippen molar-refractivity contribution >= 4 is 17.5 Å². The van der Waals surface area contributed by atoms with E-state index in [2.05, 4.69) is 17.1 Å². The third kappa shape index (κ3) is 4.22. The van der Waals surface area contributed by atoms with Crippen molar-refractivity contribution in [2.24, 2.45) is 0 Å². The lowest BCUT2D eigenvalue weighted by Gasteiger charge is -2.25. The Morgan fingerprint density at radius 2 is 1.95 bits per heavy atom. The zero-order valence-electron chi connectivity index (χ0n) is 12.2. The fourth-order valence-electron chi connectivity index (χ4n) is 2.70. The van der Waals surface area contributed by atoms with Crippen molar-refractivity contribution in [3.63, 3.8) is 0 Å². The van der Waals surface area contributed by atoms with Crippen LogP contribution in [0, 0.1) is 0 Å². The molecule has 4 heteroatoms. The number of likely N-dealkylation sites (N-methyl/N-ethyl adjacent to an activating group) is 1. The van der Waals surface area contributed by atoms with Crippen molar-refractivity contribution in [2.75, 3.05) is 13.6 Å². The number of carbonyl (C=O) groups excluding carboxylic acids is 1. The second-order valence-corrected chi connectivity index (χ2v) is 6.13. The molecule has 1 aliphatic carbocycles. The Labute approximate surface area is 126 Å². The Bertz CT molecular complexity index is 440. The van der Waals surface area contributed by atoms with E-state index >= 15 is 0 Å². The van der Waals surface area contributed by atoms with Crippen LogP contribution in [0.2, 0.25) is 5.02 Å². The molecule has 1 unspecified atom stereocenters. The largest absolute Gasteiger partial charge is 0.352 e. The van der Waals surface area contributed by atoms with Gasteiger partial charge in [-0.25, -0.2) is 0 Å². The molecule has 1 aliphatic rings. The van der Waals surface area contributed by atoms with Crippen LogP contribution in [0.3, 0.4) is 0 Å². The van der Waals surface area contributed by atoms with Crippen molar-refractivity contribution in [1.29, 1.82) is 0 Å². The van der Waals surface area contributed by atoms with E-state index in [1.807, 2.05) is 31.3 Å². The maximum absolute atomic E-state index is 12.0. The Hall–Kier alpha value is -1.06. The van der Waals surface area contributed by atoms with Crippen molar-refractivity contribution < 1.29 is 4.79 Å². The van der Waals surface area contributed by atoms with Gasteiger partial charge in [-0.05, 0) is 44.5 Å². The molecule has 1 aromatic rings. The number of halogens is 1. The fraction of sp³-hybridized carbons (Fsp3) is 0.562. The fourth-order valence-corrected chi connectivity index (χ4v) is 2.83. The lowest BCUT2D eigenvalue weighted by molar-refractivity contribution is -0.123. The highest BCUT2D eigenvalue weighted by Crippen LogP contribution is 2.21. The minimum Gasteiger partial charge on any atom is -0.352 e. The summed E-state index contributed by atoms with van der Waals surface area (Å²) in [6, 6.07) is 8.39. The monoisotopic (exact) mass is 294 g/mol. The molecule has 1 atom stereocenters. The summed E-state index contributed by atoms with van der Waals surface area (Å²) in [5.41, 5.74) is 1.17. The van der Waals surface area contributed by atoms with Gasteiger partial charge >= 0.3 is 0 Å². The van der Waals surface area contributed by atoms with Crippen LogP contribution in [0.25, 0.3) is 0 Å². The summed E-state index contributed by atoms with van der Waals surface area (Å²) >= 11 is 5.90. The van der Waals surface area contributed by atoms with E-state index < -0.39 is 0 Å². The maximum atomic E-state index is 12.0. The lowest BCUT2D eigenvalue weighted by atomic mass is 10.1. The first kappa shape index (κ1) is 15.3. The number of rotatable bonds is 5. The molecule has 1 N–H and O–H groups in total. The molecule has 1 aromatic carbocycles. The van der Waals surface area contributed by atoms with E-state index in [0.29, 0.717) is 12.6 Å². The quantitative estimate of drug-likeness (QED) is 0.903. The molecular weight excluding hydrogens is 272 g/mol. The normalized spacial score (nSPS) is 17.4. The summed E-state index contributed by atoms with van der Waals surface area (Å²) in [4.78, 5) is 14.1. The van der Waals surface area contributed by atoms with Gasteiger partial charge in [-0.15, -0.1) is 0 Å². The summed E-state index contributed by atoms with van der Waals surface area (Å²) in [7, 11) is 1.98. The molecule has 0 heterocycles. The molecule has 2 rings (SSSR count). The number of hydrogen-bond acceptors (Lipinski definition) is 2. The Balaban J connectivity index is 1.85. The van der Waals surface area contributed by atoms with E-state index in [-0.39, 0.29) is 11.9 Å². The first-order chi connectivity index (χ1) is 9.56. The third-order valence-electron chi connectivity index (χ3n) is 4.13. The SMILES string of the molecule is CC(c1ccc(Cl)cc1)N(C)CC(=O)NC1CCCC1. The zero-order chi connectivity index (χ0) is 14.5. The van der Waals surface area contributed by atoms with Crippen molar-refractivity contribution in [1.82, 2.24) is 10.2 Å². The van der Waals surface area contributed by atoms with Crippen LogP contribution < -0.4 is 5.32 Å². The first-order valence-corrected chi connectivity index (χ1v) is 7.69. The van der Waals surface area contributed by atoms with Crippen LogP contribution in [0.15, 0.2) is 24.3 Å². The Morgan fingerprint density at radius 3 is 2.55 bits per heavy atom. The van der Waals surface area contributed by atoms with E-state index in [0.717, 1.165) is 17.9 Å². The highest BCUT2D eigenvalue weighted by molar-refractivity contribution is 6.30. The minimum absolute atomic E-state index is 0.125. The van der Waals surface area contributed by atoms with E-state index in [4.69, 9.17) is 11.6 Å². The number of nitrogens with one attached hydrogen (secondary N) is 1. The molecule has 110 valence electrons. The maximum Gasteiger partial charge on any atom is 0.234 e. The number of hydrogen-bond donors (Lipinski definition) is 1. The molecule has 1 fully saturated rings. The van der Waals surface area contributed by atoms with Gasteiger partial charge in [0.25, 0.3) is 0 Å². The molecular formula is C16H23ClN2O. The van der Waals surface area contributed by atoms with Crippen LogP contribution in [-0.4, -0.2) is 30.4 Å². The van der Waals surface area contributed by atoms with Gasteiger partial charge in [0, 0.05) is 17.1 Å². The molecule has 0 aromatic heterocycles. The zero-order valence-corrected chi connectivity index (χ0v) is 13.0. The summed E-state index contributed by atoms with van der Waals surface area (Å²) in [6.45, 7) is 2.53. The van der Waals surface area contributed by atoms with Gasteiger partial charge in [-0.3, -0.25) is 9.69 Å². The average molecular weight is 295 g/mol. The molecule has 3 nitrogen and oxygen atoms in total. The number of amides is 1. The summed E-state index contributed by atoms with van der Waals surface area (Å²) in [6.07, 6.45) is 4.73.